The van der Waals surface area contributed by atoms with Gasteiger partial charge in [-0.25, -0.2) is 9.78 Å². The minimum atomic E-state index is -4.50. The van der Waals surface area contributed by atoms with Crippen molar-refractivity contribution in [1.29, 1.82) is 0 Å². The van der Waals surface area contributed by atoms with Crippen LogP contribution in [0.4, 0.5) is 13.2 Å². The third kappa shape index (κ3) is 4.38. The van der Waals surface area contributed by atoms with Gasteiger partial charge in [-0.15, -0.1) is 0 Å². The van der Waals surface area contributed by atoms with Gasteiger partial charge in [0.15, 0.2) is 6.61 Å². The largest absolute Gasteiger partial charge is 0.468 e. The number of halogens is 4. The molecule has 0 saturated heterocycles. The zero-order valence-corrected chi connectivity index (χ0v) is 13.5. The first-order chi connectivity index (χ1) is 11.2. The third-order valence-electron chi connectivity index (χ3n) is 3.11. The number of methoxy groups -OCH3 is 1. The zero-order chi connectivity index (χ0) is 17.9. The Morgan fingerprint density at radius 3 is 2.58 bits per heavy atom. The van der Waals surface area contributed by atoms with Crippen molar-refractivity contribution >= 4 is 17.6 Å². The number of esters is 1. The molecule has 4 nitrogen and oxygen atoms in total. The van der Waals surface area contributed by atoms with Crippen LogP contribution in [0.3, 0.4) is 0 Å². The van der Waals surface area contributed by atoms with E-state index in [1.165, 1.54) is 13.2 Å². The van der Waals surface area contributed by atoms with Crippen molar-refractivity contribution < 1.29 is 27.4 Å². The summed E-state index contributed by atoms with van der Waals surface area (Å²) in [4.78, 5) is 15.5. The minimum Gasteiger partial charge on any atom is -0.468 e. The summed E-state index contributed by atoms with van der Waals surface area (Å²) in [6.07, 6.45) is -3.40. The molecule has 0 N–H and O–H groups in total. The van der Waals surface area contributed by atoms with Gasteiger partial charge in [0.2, 0.25) is 5.88 Å². The predicted octanol–water partition coefficient (Wildman–Crippen LogP) is 4.44. The molecule has 24 heavy (non-hydrogen) atoms. The first-order valence-electron chi connectivity index (χ1n) is 6.75. The van der Waals surface area contributed by atoms with Crippen LogP contribution in [0.5, 0.6) is 5.88 Å². The van der Waals surface area contributed by atoms with Gasteiger partial charge in [0.25, 0.3) is 0 Å². The van der Waals surface area contributed by atoms with Gasteiger partial charge >= 0.3 is 12.1 Å². The second-order valence-corrected chi connectivity index (χ2v) is 5.34. The fourth-order valence-corrected chi connectivity index (χ4v) is 2.08. The summed E-state index contributed by atoms with van der Waals surface area (Å²) >= 11 is 5.96. The number of carbonyl (C=O) groups excluding carboxylic acids is 1. The monoisotopic (exact) mass is 359 g/mol. The van der Waals surface area contributed by atoms with Gasteiger partial charge in [0.1, 0.15) is 0 Å². The molecule has 0 aliphatic heterocycles. The fourth-order valence-electron chi connectivity index (χ4n) is 1.97. The summed E-state index contributed by atoms with van der Waals surface area (Å²) in [5, 5.41) is 0.508. The van der Waals surface area contributed by atoms with Crippen molar-refractivity contribution in [2.75, 3.05) is 13.7 Å². The van der Waals surface area contributed by atoms with Gasteiger partial charge in [-0.05, 0) is 36.2 Å². The average molecular weight is 360 g/mol. The summed E-state index contributed by atoms with van der Waals surface area (Å²) in [6.45, 7) is 0.261. The number of pyridine rings is 1. The Labute approximate surface area is 141 Å². The van der Waals surface area contributed by atoms with Crippen molar-refractivity contribution in [3.8, 4) is 17.0 Å². The highest BCUT2D eigenvalue weighted by atomic mass is 35.5. The number of nitrogens with zero attached hydrogens (tertiary/aromatic N) is 1. The van der Waals surface area contributed by atoms with E-state index in [1.807, 2.05) is 0 Å². The lowest BCUT2D eigenvalue weighted by Crippen LogP contribution is -2.20. The van der Waals surface area contributed by atoms with Gasteiger partial charge in [0.05, 0.1) is 12.7 Å². The molecule has 8 heteroatoms. The molecule has 0 bridgehead atoms. The fraction of sp³-hybridized carbons (Fsp3) is 0.250. The van der Waals surface area contributed by atoms with E-state index in [0.717, 1.165) is 11.8 Å². The van der Waals surface area contributed by atoms with E-state index in [0.29, 0.717) is 10.6 Å². The van der Waals surface area contributed by atoms with Crippen molar-refractivity contribution in [3.63, 3.8) is 0 Å². The highest BCUT2D eigenvalue weighted by Crippen LogP contribution is 2.32. The molecule has 1 heterocycles. The third-order valence-corrected chi connectivity index (χ3v) is 3.54. The number of hydrogen-bond donors (Lipinski definition) is 0. The lowest BCUT2D eigenvalue weighted by molar-refractivity contribution is -0.154. The lowest BCUT2D eigenvalue weighted by Gasteiger charge is -2.14. The van der Waals surface area contributed by atoms with E-state index in [1.54, 1.807) is 25.1 Å². The number of rotatable bonds is 4. The van der Waals surface area contributed by atoms with Crippen molar-refractivity contribution in [1.82, 2.24) is 4.98 Å². The Bertz CT molecular complexity index is 763. The number of aryl methyl sites for hydroxylation is 1. The molecule has 0 spiro atoms. The number of alkyl halides is 3. The lowest BCUT2D eigenvalue weighted by atomic mass is 10.0. The number of benzene rings is 1. The van der Waals surface area contributed by atoms with Gasteiger partial charge in [-0.3, -0.25) is 0 Å². The van der Waals surface area contributed by atoms with E-state index in [-0.39, 0.29) is 17.0 Å². The first kappa shape index (κ1) is 18.1. The van der Waals surface area contributed by atoms with Crippen LogP contribution >= 0.6 is 11.6 Å². The van der Waals surface area contributed by atoms with Crippen LogP contribution in [0.15, 0.2) is 30.5 Å². The van der Waals surface area contributed by atoms with Crippen molar-refractivity contribution in [2.24, 2.45) is 0 Å². The second-order valence-electron chi connectivity index (χ2n) is 4.94. The summed E-state index contributed by atoms with van der Waals surface area (Å²) in [5.41, 5.74) is 1.58. The van der Waals surface area contributed by atoms with Gasteiger partial charge in [-0.1, -0.05) is 17.7 Å². The topological polar surface area (TPSA) is 48.4 Å². The van der Waals surface area contributed by atoms with Gasteiger partial charge in [0, 0.05) is 16.8 Å². The molecule has 0 amide bonds. The molecule has 2 aromatic rings. The Morgan fingerprint density at radius 1 is 1.29 bits per heavy atom. The van der Waals surface area contributed by atoms with E-state index in [4.69, 9.17) is 16.3 Å². The molecule has 0 saturated carbocycles. The van der Waals surface area contributed by atoms with E-state index >= 15 is 0 Å². The van der Waals surface area contributed by atoms with Crippen LogP contribution in [0, 0.1) is 6.92 Å². The molecule has 1 aromatic heterocycles. The molecule has 0 radical (unpaired) electrons. The highest BCUT2D eigenvalue weighted by Gasteiger charge is 2.29. The van der Waals surface area contributed by atoms with Crippen LogP contribution in [0.25, 0.3) is 11.1 Å². The predicted molar refractivity (Wildman–Crippen MR) is 82.3 cm³/mol. The minimum absolute atomic E-state index is 0.0967. The van der Waals surface area contributed by atoms with Gasteiger partial charge < -0.3 is 9.47 Å². The molecular formula is C16H13ClF3NO3. The Hall–Kier alpha value is -2.28. The molecule has 1 aromatic carbocycles. The summed E-state index contributed by atoms with van der Waals surface area (Å²) in [6, 6.07) is 6.24. The molecular weight excluding hydrogens is 347 g/mol. The molecule has 0 aliphatic rings. The smallest absolute Gasteiger partial charge is 0.422 e. The number of ether oxygens (including phenoxy) is 2. The number of aromatic nitrogens is 1. The molecule has 0 atom stereocenters. The van der Waals surface area contributed by atoms with Crippen molar-refractivity contribution in [3.05, 3.63) is 46.6 Å². The average Bonchev–Trinajstić information content (AvgIpc) is 2.54. The van der Waals surface area contributed by atoms with E-state index < -0.39 is 18.8 Å². The molecule has 0 aliphatic carbocycles. The van der Waals surface area contributed by atoms with Crippen LogP contribution in [0.2, 0.25) is 5.02 Å². The van der Waals surface area contributed by atoms with E-state index in [9.17, 15) is 18.0 Å². The molecule has 0 unspecified atom stereocenters. The molecule has 0 fully saturated rings. The Morgan fingerprint density at radius 2 is 2.00 bits per heavy atom. The van der Waals surface area contributed by atoms with Crippen molar-refractivity contribution in [2.45, 2.75) is 13.1 Å². The Balaban J connectivity index is 2.50. The standard InChI is InChI=1S/C16H13ClF3NO3/c1-9-5-10(3-4-13(9)17)12-6-11(15(22)23-2)7-21-14(12)24-8-16(18,19)20/h3-7H,8H2,1-2H3. The molecule has 2 rings (SSSR count). The summed E-state index contributed by atoms with van der Waals surface area (Å²) in [7, 11) is 1.20. The SMILES string of the molecule is COC(=O)c1cnc(OCC(F)(F)F)c(-c2ccc(Cl)c(C)c2)c1. The number of carbonyl (C=O) groups is 1. The van der Waals surface area contributed by atoms with Gasteiger partial charge in [-0.2, -0.15) is 13.2 Å². The van der Waals surface area contributed by atoms with E-state index in [2.05, 4.69) is 9.72 Å². The quantitative estimate of drug-likeness (QED) is 0.757. The zero-order valence-electron chi connectivity index (χ0n) is 12.8. The molecule has 128 valence electrons. The van der Waals surface area contributed by atoms with Crippen LogP contribution in [-0.2, 0) is 4.74 Å². The summed E-state index contributed by atoms with van der Waals surface area (Å²) < 4.78 is 46.6. The maximum absolute atomic E-state index is 12.4. The Kier molecular flexibility index (Phi) is 5.33. The maximum Gasteiger partial charge on any atom is 0.422 e. The number of hydrogen-bond acceptors (Lipinski definition) is 4. The summed E-state index contributed by atoms with van der Waals surface area (Å²) in [5.74, 6) is -0.890. The normalized spacial score (nSPS) is 11.2. The first-order valence-corrected chi connectivity index (χ1v) is 7.13. The van der Waals surface area contributed by atoms with Crippen LogP contribution < -0.4 is 4.74 Å². The maximum atomic E-state index is 12.4. The highest BCUT2D eigenvalue weighted by molar-refractivity contribution is 6.31. The van der Waals surface area contributed by atoms with Crippen LogP contribution in [0.1, 0.15) is 15.9 Å². The van der Waals surface area contributed by atoms with Crippen LogP contribution in [-0.4, -0.2) is 30.8 Å². The second kappa shape index (κ2) is 7.09.